The van der Waals surface area contributed by atoms with E-state index in [1.807, 2.05) is 24.5 Å². The summed E-state index contributed by atoms with van der Waals surface area (Å²) < 4.78 is 14.3. The third-order valence-electron chi connectivity index (χ3n) is 4.58. The van der Waals surface area contributed by atoms with Crippen LogP contribution in [0.25, 0.3) is 0 Å². The Labute approximate surface area is 182 Å². The summed E-state index contributed by atoms with van der Waals surface area (Å²) >= 11 is 3.61. The Morgan fingerprint density at radius 1 is 0.966 bits per heavy atom. The predicted molar refractivity (Wildman–Crippen MR) is 107 cm³/mol. The highest BCUT2D eigenvalue weighted by Crippen LogP contribution is 2.35. The minimum Gasteiger partial charge on any atom is -1.00 e. The number of benzene rings is 2. The molecule has 0 amide bonds. The Bertz CT molecular complexity index is 1010. The smallest absolute Gasteiger partial charge is 0.269 e. The van der Waals surface area contributed by atoms with E-state index < -0.39 is 0 Å². The van der Waals surface area contributed by atoms with E-state index in [2.05, 4.69) is 32.6 Å². The van der Waals surface area contributed by atoms with Crippen molar-refractivity contribution in [3.63, 3.8) is 0 Å². The summed E-state index contributed by atoms with van der Waals surface area (Å²) in [6.07, 6.45) is 4.79. The predicted octanol–water partition coefficient (Wildman–Crippen LogP) is 1.06. The first kappa shape index (κ1) is 21.1. The van der Waals surface area contributed by atoms with Gasteiger partial charge >= 0.3 is 0 Å². The number of halogens is 2. The van der Waals surface area contributed by atoms with Gasteiger partial charge in [0.1, 0.15) is 13.2 Å². The van der Waals surface area contributed by atoms with Crippen molar-refractivity contribution in [2.24, 2.45) is 0 Å². The summed E-state index contributed by atoms with van der Waals surface area (Å²) in [5.74, 6) is 1.55. The minimum absolute atomic E-state index is 0. The number of fused-ring (bicyclic) bond motifs is 1. The van der Waals surface area contributed by atoms with Gasteiger partial charge in [-0.25, -0.2) is 4.57 Å². The first-order valence-corrected chi connectivity index (χ1v) is 9.67. The maximum Gasteiger partial charge on any atom is 0.269 e. The Balaban J connectivity index is 0.00000240. The molecule has 0 fully saturated rings. The van der Waals surface area contributed by atoms with Crippen LogP contribution in [-0.2, 0) is 13.0 Å². The maximum absolute atomic E-state index is 10.7. The number of hydrogen-bond acceptors (Lipinski definition) is 4. The van der Waals surface area contributed by atoms with Gasteiger partial charge in [-0.2, -0.15) is 0 Å². The largest absolute Gasteiger partial charge is 1.00 e. The summed E-state index contributed by atoms with van der Waals surface area (Å²) in [5.41, 5.74) is 3.40. The van der Waals surface area contributed by atoms with E-state index in [4.69, 9.17) is 9.47 Å². The zero-order valence-electron chi connectivity index (χ0n) is 15.4. The molecule has 0 N–H and O–H groups in total. The first-order chi connectivity index (χ1) is 13.6. The van der Waals surface area contributed by atoms with Crippen molar-refractivity contribution in [3.05, 3.63) is 92.2 Å². The molecule has 29 heavy (non-hydrogen) atoms. The molecular formula is C21H18BrClN2O4. The van der Waals surface area contributed by atoms with E-state index in [-0.39, 0.29) is 23.0 Å². The fourth-order valence-corrected chi connectivity index (χ4v) is 3.55. The number of nitrogens with zero attached hydrogens (tertiary/aromatic N) is 2. The number of ether oxygens (including phenoxy) is 2. The summed E-state index contributed by atoms with van der Waals surface area (Å²) in [4.78, 5) is 10.4. The third-order valence-corrected chi connectivity index (χ3v) is 5.32. The van der Waals surface area contributed by atoms with Gasteiger partial charge < -0.3 is 21.9 Å². The summed E-state index contributed by atoms with van der Waals surface area (Å²) in [6, 6.07) is 14.8. The van der Waals surface area contributed by atoms with Crippen LogP contribution >= 0.6 is 15.9 Å². The van der Waals surface area contributed by atoms with Crippen LogP contribution in [0.5, 0.6) is 11.5 Å². The Kier molecular flexibility index (Phi) is 6.71. The number of non-ortho nitro benzene ring substituents is 1. The van der Waals surface area contributed by atoms with Crippen LogP contribution in [0.2, 0.25) is 0 Å². The lowest BCUT2D eigenvalue weighted by molar-refractivity contribution is -0.688. The van der Waals surface area contributed by atoms with Crippen molar-refractivity contribution in [3.8, 4) is 11.5 Å². The summed E-state index contributed by atoms with van der Waals surface area (Å²) in [7, 11) is 0. The average Bonchev–Trinajstić information content (AvgIpc) is 2.70. The highest BCUT2D eigenvalue weighted by atomic mass is 79.9. The van der Waals surface area contributed by atoms with Crippen molar-refractivity contribution in [2.75, 3.05) is 13.2 Å². The van der Waals surface area contributed by atoms with Gasteiger partial charge in [0, 0.05) is 34.3 Å². The normalized spacial score (nSPS) is 12.2. The molecule has 0 radical (unpaired) electrons. The molecule has 6 nitrogen and oxygen atoms in total. The molecule has 0 spiro atoms. The minimum atomic E-state index is -0.384. The van der Waals surface area contributed by atoms with E-state index in [1.165, 1.54) is 12.1 Å². The SMILES string of the molecule is O=[N+]([O-])c1ccc(Cc2cc[n+](Cc3cc4c(cc3Br)OCCO4)cc2)cc1.[Cl-]. The third kappa shape index (κ3) is 5.05. The van der Waals surface area contributed by atoms with Gasteiger partial charge in [0.25, 0.3) is 5.69 Å². The quantitative estimate of drug-likeness (QED) is 0.313. The zero-order valence-corrected chi connectivity index (χ0v) is 17.7. The highest BCUT2D eigenvalue weighted by Gasteiger charge is 2.17. The van der Waals surface area contributed by atoms with Crippen LogP contribution in [0.15, 0.2) is 65.4 Å². The lowest BCUT2D eigenvalue weighted by Gasteiger charge is -2.19. The molecule has 1 aliphatic heterocycles. The van der Waals surface area contributed by atoms with E-state index in [0.29, 0.717) is 19.8 Å². The molecule has 8 heteroatoms. The van der Waals surface area contributed by atoms with Crippen molar-refractivity contribution < 1.29 is 31.4 Å². The van der Waals surface area contributed by atoms with Crippen molar-refractivity contribution in [1.29, 1.82) is 0 Å². The van der Waals surface area contributed by atoms with Crippen LogP contribution in [0.4, 0.5) is 5.69 Å². The number of nitro groups is 1. The average molecular weight is 478 g/mol. The highest BCUT2D eigenvalue weighted by molar-refractivity contribution is 9.10. The molecule has 0 unspecified atom stereocenters. The van der Waals surface area contributed by atoms with Crippen LogP contribution in [0, 0.1) is 10.1 Å². The fraction of sp³-hybridized carbons (Fsp3) is 0.190. The van der Waals surface area contributed by atoms with Crippen LogP contribution < -0.4 is 26.4 Å². The van der Waals surface area contributed by atoms with Crippen molar-refractivity contribution in [1.82, 2.24) is 0 Å². The Morgan fingerprint density at radius 2 is 1.55 bits per heavy atom. The van der Waals surface area contributed by atoms with Crippen LogP contribution in [0.3, 0.4) is 0 Å². The molecule has 3 aromatic rings. The Hall–Kier alpha value is -2.64. The van der Waals surface area contributed by atoms with Gasteiger partial charge in [-0.3, -0.25) is 10.1 Å². The molecule has 2 aromatic carbocycles. The zero-order chi connectivity index (χ0) is 19.5. The molecule has 1 aliphatic rings. The van der Waals surface area contributed by atoms with Gasteiger partial charge in [0.05, 0.1) is 4.92 Å². The van der Waals surface area contributed by atoms with Gasteiger partial charge in [0.2, 0.25) is 0 Å². The maximum atomic E-state index is 10.7. The number of pyridine rings is 1. The van der Waals surface area contributed by atoms with Gasteiger partial charge in [-0.15, -0.1) is 0 Å². The molecule has 0 saturated carbocycles. The molecular weight excluding hydrogens is 460 g/mol. The molecule has 1 aromatic heterocycles. The Morgan fingerprint density at radius 3 is 2.17 bits per heavy atom. The standard InChI is InChI=1S/C21H18BrN2O4.ClH/c22-19-13-21-20(27-9-10-28-21)12-17(19)14-23-7-5-16(6-8-23)11-15-1-3-18(4-2-15)24(25)26;/h1-8,12-13H,9-11,14H2;1H/q+1;/p-1. The lowest BCUT2D eigenvalue weighted by Crippen LogP contribution is -3.00. The first-order valence-electron chi connectivity index (χ1n) is 8.88. The lowest BCUT2D eigenvalue weighted by atomic mass is 10.1. The topological polar surface area (TPSA) is 65.5 Å². The number of rotatable bonds is 5. The molecule has 0 bridgehead atoms. The van der Waals surface area contributed by atoms with E-state index in [0.717, 1.165) is 39.1 Å². The van der Waals surface area contributed by atoms with E-state index >= 15 is 0 Å². The van der Waals surface area contributed by atoms with Crippen molar-refractivity contribution in [2.45, 2.75) is 13.0 Å². The molecule has 150 valence electrons. The second-order valence-corrected chi connectivity index (χ2v) is 7.42. The van der Waals surface area contributed by atoms with E-state index in [1.54, 1.807) is 12.1 Å². The number of nitro benzene ring substituents is 1. The van der Waals surface area contributed by atoms with Crippen LogP contribution in [0.1, 0.15) is 16.7 Å². The summed E-state index contributed by atoms with van der Waals surface area (Å²) in [5, 5.41) is 10.7. The van der Waals surface area contributed by atoms with E-state index in [9.17, 15) is 10.1 Å². The number of hydrogen-bond donors (Lipinski definition) is 0. The number of aromatic nitrogens is 1. The fourth-order valence-electron chi connectivity index (χ4n) is 3.11. The second kappa shape index (κ2) is 9.24. The molecule has 0 aliphatic carbocycles. The molecule has 0 saturated heterocycles. The molecule has 0 atom stereocenters. The van der Waals surface area contributed by atoms with Gasteiger partial charge in [0.15, 0.2) is 30.4 Å². The monoisotopic (exact) mass is 476 g/mol. The molecule has 2 heterocycles. The summed E-state index contributed by atoms with van der Waals surface area (Å²) in [6.45, 7) is 1.84. The van der Waals surface area contributed by atoms with Crippen molar-refractivity contribution >= 4 is 21.6 Å². The van der Waals surface area contributed by atoms with Gasteiger partial charge in [-0.05, 0) is 29.7 Å². The second-order valence-electron chi connectivity index (χ2n) is 6.57. The van der Waals surface area contributed by atoms with Gasteiger partial charge in [-0.1, -0.05) is 28.1 Å². The molecule has 4 rings (SSSR count). The van der Waals surface area contributed by atoms with Crippen LogP contribution in [-0.4, -0.2) is 18.1 Å².